The number of fused-ring (bicyclic) bond motifs is 2. The lowest BCUT2D eigenvalue weighted by Crippen LogP contribution is -2.26. The number of imidazole rings is 1. The summed E-state index contributed by atoms with van der Waals surface area (Å²) in [5.41, 5.74) is 4.08. The van der Waals surface area contributed by atoms with Crippen molar-refractivity contribution in [2.75, 3.05) is 13.6 Å². The third-order valence-corrected chi connectivity index (χ3v) is 5.04. The Kier molecular flexibility index (Phi) is 8.68. The van der Waals surface area contributed by atoms with Crippen LogP contribution in [0.4, 0.5) is 8.28 Å². The Labute approximate surface area is 180 Å². The van der Waals surface area contributed by atoms with Crippen LogP contribution in [0.3, 0.4) is 0 Å². The number of carbonyl (C=O) groups is 1. The van der Waals surface area contributed by atoms with E-state index in [2.05, 4.69) is 34.6 Å². The fourth-order valence-corrected chi connectivity index (χ4v) is 3.55. The third-order valence-electron chi connectivity index (χ3n) is 4.53. The van der Waals surface area contributed by atoms with E-state index in [1.165, 1.54) is 23.4 Å². The predicted octanol–water partition coefficient (Wildman–Crippen LogP) is 5.50. The van der Waals surface area contributed by atoms with Crippen LogP contribution in [0.25, 0.3) is 16.6 Å². The van der Waals surface area contributed by atoms with Gasteiger partial charge in [0.15, 0.2) is 30.3 Å². The normalized spacial score (nSPS) is 12.9. The minimum absolute atomic E-state index is 0.0299. The number of allylic oxidation sites excluding steroid dienone is 1. The summed E-state index contributed by atoms with van der Waals surface area (Å²) in [6.07, 6.45) is 3.37. The minimum atomic E-state index is -0.596. The summed E-state index contributed by atoms with van der Waals surface area (Å²) in [4.78, 5) is 21.2. The van der Waals surface area contributed by atoms with E-state index in [0.29, 0.717) is 17.4 Å². The van der Waals surface area contributed by atoms with Gasteiger partial charge in [0.25, 0.3) is 0 Å². The average Bonchev–Trinajstić information content (AvgIpc) is 3.15. The van der Waals surface area contributed by atoms with Crippen molar-refractivity contribution in [1.82, 2.24) is 18.8 Å². The second-order valence-corrected chi connectivity index (χ2v) is 7.12. The Hall–Kier alpha value is -2.58. The molecule has 0 atom stereocenters. The van der Waals surface area contributed by atoms with Crippen molar-refractivity contribution in [2.24, 2.45) is 0 Å². The summed E-state index contributed by atoms with van der Waals surface area (Å²) in [5, 5.41) is 0. The van der Waals surface area contributed by atoms with E-state index in [4.69, 9.17) is 0 Å². The molecule has 1 aliphatic rings. The number of nitrogens with zero attached hydrogens (tertiary/aromatic N) is 4. The van der Waals surface area contributed by atoms with Crippen LogP contribution in [-0.4, -0.2) is 38.7 Å². The second-order valence-electron chi connectivity index (χ2n) is 6.62. The number of aldehydes is 1. The lowest BCUT2D eigenvalue weighted by atomic mass is 10.1. The number of pyridine rings is 1. The first kappa shape index (κ1) is 23.7. The third kappa shape index (κ3) is 5.12. The molecule has 5 nitrogen and oxygen atoms in total. The molecule has 0 N–H and O–H groups in total. The number of aromatic nitrogens is 3. The molecule has 2 aromatic heterocycles. The molecule has 1 aliphatic heterocycles. The fraction of sp³-hybridized carbons (Fsp3) is 0.318. The highest BCUT2D eigenvalue weighted by Crippen LogP contribution is 2.30. The summed E-state index contributed by atoms with van der Waals surface area (Å²) in [6.45, 7) is 11.6. The van der Waals surface area contributed by atoms with Gasteiger partial charge < -0.3 is 4.90 Å². The van der Waals surface area contributed by atoms with Crippen molar-refractivity contribution >= 4 is 35.2 Å². The topological polar surface area (TPSA) is 51.0 Å². The van der Waals surface area contributed by atoms with Crippen LogP contribution in [0, 0.1) is 5.82 Å². The number of hydrogen-bond donors (Lipinski definition) is 0. The molecule has 0 aliphatic carbocycles. The Bertz CT molecular complexity index is 1040. The number of benzene rings is 1. The number of hydrogen-bond acceptors (Lipinski definition) is 5. The van der Waals surface area contributed by atoms with Crippen molar-refractivity contribution in [3.8, 4) is 0 Å². The van der Waals surface area contributed by atoms with Gasteiger partial charge in [-0.2, -0.15) is 0 Å². The van der Waals surface area contributed by atoms with Gasteiger partial charge in [-0.05, 0) is 43.3 Å². The summed E-state index contributed by atoms with van der Waals surface area (Å²) in [7, 11) is 2.15. The Balaban J connectivity index is 0.000000212. The number of likely N-dealkylation sites (N-methyl/N-ethyl adjacent to an activating group) is 1. The Morgan fingerprint density at radius 3 is 2.67 bits per heavy atom. The van der Waals surface area contributed by atoms with Gasteiger partial charge in [-0.25, -0.2) is 13.3 Å². The highest BCUT2D eigenvalue weighted by molar-refractivity contribution is 7.93. The zero-order chi connectivity index (χ0) is 22.3. The average molecular weight is 433 g/mol. The Morgan fingerprint density at radius 1 is 1.30 bits per heavy atom. The quantitative estimate of drug-likeness (QED) is 0.512. The van der Waals surface area contributed by atoms with Crippen LogP contribution >= 0.6 is 12.3 Å². The molecule has 0 saturated carbocycles. The van der Waals surface area contributed by atoms with Crippen LogP contribution in [-0.2, 0) is 13.0 Å². The summed E-state index contributed by atoms with van der Waals surface area (Å²) < 4.78 is 27.3. The highest BCUT2D eigenvalue weighted by Gasteiger charge is 2.18. The number of halogens is 2. The van der Waals surface area contributed by atoms with Crippen LogP contribution in [0.1, 0.15) is 48.2 Å². The molecule has 30 heavy (non-hydrogen) atoms. The van der Waals surface area contributed by atoms with E-state index in [1.807, 2.05) is 26.1 Å². The maximum atomic E-state index is 13.5. The van der Waals surface area contributed by atoms with E-state index in [9.17, 15) is 13.1 Å². The van der Waals surface area contributed by atoms with Gasteiger partial charge in [-0.1, -0.05) is 26.5 Å². The van der Waals surface area contributed by atoms with Crippen LogP contribution in [0.5, 0.6) is 0 Å². The molecule has 3 aromatic rings. The molecule has 8 heteroatoms. The van der Waals surface area contributed by atoms with Gasteiger partial charge in [0.1, 0.15) is 5.52 Å². The van der Waals surface area contributed by atoms with Crippen molar-refractivity contribution in [3.05, 3.63) is 65.5 Å². The van der Waals surface area contributed by atoms with Crippen molar-refractivity contribution in [3.63, 3.8) is 0 Å². The van der Waals surface area contributed by atoms with Crippen LogP contribution in [0.2, 0.25) is 0 Å². The van der Waals surface area contributed by atoms with Gasteiger partial charge in [-0.3, -0.25) is 9.78 Å². The molecular weight excluding hydrogens is 406 g/mol. The standard InChI is InChI=1S/C11H8F2N2OS.C9H12N2.C2H6/c1-6(2)7-3-4-8(12)10-11(7)15(17-13)9(5-16)14-10;1-11-6-4-9-8(7-11)3-2-5-10-9;1-2/h3-5H,1H2,2H3;2-3,5H,4,6-7H2,1H3;1-2H3. The van der Waals surface area contributed by atoms with Gasteiger partial charge in [-0.15, -0.1) is 3.89 Å². The van der Waals surface area contributed by atoms with E-state index >= 15 is 0 Å². The van der Waals surface area contributed by atoms with Crippen molar-refractivity contribution in [2.45, 2.75) is 33.7 Å². The zero-order valence-electron chi connectivity index (χ0n) is 17.7. The largest absolute Gasteiger partial charge is 0.302 e. The maximum absolute atomic E-state index is 13.5. The molecule has 0 amide bonds. The molecule has 0 radical (unpaired) electrons. The first-order valence-corrected chi connectivity index (χ1v) is 10.4. The molecule has 0 bridgehead atoms. The van der Waals surface area contributed by atoms with E-state index in [1.54, 1.807) is 6.92 Å². The van der Waals surface area contributed by atoms with E-state index in [0.717, 1.165) is 23.5 Å². The summed E-state index contributed by atoms with van der Waals surface area (Å²) >= 11 is -0.188. The first-order chi connectivity index (χ1) is 14.5. The zero-order valence-corrected chi connectivity index (χ0v) is 18.5. The summed E-state index contributed by atoms with van der Waals surface area (Å²) in [5.74, 6) is -0.763. The van der Waals surface area contributed by atoms with Gasteiger partial charge in [0.2, 0.25) is 0 Å². The van der Waals surface area contributed by atoms with Crippen molar-refractivity contribution < 1.29 is 13.1 Å². The van der Waals surface area contributed by atoms with E-state index < -0.39 is 5.82 Å². The Morgan fingerprint density at radius 2 is 2.03 bits per heavy atom. The molecule has 0 unspecified atom stereocenters. The summed E-state index contributed by atoms with van der Waals surface area (Å²) in [6, 6.07) is 6.89. The van der Waals surface area contributed by atoms with E-state index in [-0.39, 0.29) is 29.2 Å². The van der Waals surface area contributed by atoms with Gasteiger partial charge in [0, 0.05) is 37.0 Å². The lowest BCUT2D eigenvalue weighted by Gasteiger charge is -2.23. The molecule has 1 aromatic carbocycles. The SMILES string of the molecule is C=C(C)c1ccc(F)c2nc(C=O)n(SF)c12.CC.CN1CCc2ncccc2C1. The van der Waals surface area contributed by atoms with Gasteiger partial charge >= 0.3 is 0 Å². The molecule has 4 rings (SSSR count). The van der Waals surface area contributed by atoms with Crippen LogP contribution in [0.15, 0.2) is 37.0 Å². The van der Waals surface area contributed by atoms with Gasteiger partial charge in [0.05, 0.1) is 5.52 Å². The number of carbonyl (C=O) groups excluding carboxylic acids is 1. The lowest BCUT2D eigenvalue weighted by molar-refractivity contribution is 0.111. The molecular formula is C22H26F2N4OS. The maximum Gasteiger partial charge on any atom is 0.186 e. The molecule has 0 saturated heterocycles. The monoisotopic (exact) mass is 432 g/mol. The highest BCUT2D eigenvalue weighted by atomic mass is 32.2. The second kappa shape index (κ2) is 11.0. The molecule has 3 heterocycles. The fourth-order valence-electron chi connectivity index (χ4n) is 3.14. The van der Waals surface area contributed by atoms with Crippen molar-refractivity contribution in [1.29, 1.82) is 0 Å². The molecule has 0 fully saturated rings. The minimum Gasteiger partial charge on any atom is -0.302 e. The first-order valence-electron chi connectivity index (χ1n) is 9.68. The van der Waals surface area contributed by atoms with Crippen LogP contribution < -0.4 is 0 Å². The molecule has 0 spiro atoms. The molecule has 160 valence electrons. The smallest absolute Gasteiger partial charge is 0.186 e. The predicted molar refractivity (Wildman–Crippen MR) is 120 cm³/mol. The number of rotatable bonds is 3.